The molecule has 0 aliphatic heterocycles. The molecule has 2 aromatic carbocycles. The van der Waals surface area contributed by atoms with Crippen LogP contribution in [0, 0.1) is 0 Å². The highest BCUT2D eigenvalue weighted by Gasteiger charge is 2.11. The van der Waals surface area contributed by atoms with Gasteiger partial charge in [0, 0.05) is 5.56 Å². The first-order chi connectivity index (χ1) is 9.40. The molecular formula is C16H17N3. The summed E-state index contributed by atoms with van der Waals surface area (Å²) in [6, 6.07) is 14.7. The minimum absolute atomic E-state index is 0.991. The standard InChI is InChI=1S/C16H17N3/c1-2-3-11-15-16(18-19-17-15)14-10-6-8-12-7-4-5-9-13(12)14/h4-10H,2-3,11H2,1H3,(H,17,18,19). The molecule has 1 N–H and O–H groups in total. The molecule has 0 atom stereocenters. The van der Waals surface area contributed by atoms with Crippen LogP contribution in [-0.4, -0.2) is 15.4 Å². The van der Waals surface area contributed by atoms with Crippen LogP contribution in [0.5, 0.6) is 0 Å². The molecule has 0 fully saturated rings. The Kier molecular flexibility index (Phi) is 3.27. The summed E-state index contributed by atoms with van der Waals surface area (Å²) < 4.78 is 0. The molecule has 3 heteroatoms. The second-order valence-corrected chi connectivity index (χ2v) is 4.77. The fourth-order valence-corrected chi connectivity index (χ4v) is 2.42. The maximum Gasteiger partial charge on any atom is 0.116 e. The van der Waals surface area contributed by atoms with Crippen molar-refractivity contribution in [3.05, 3.63) is 48.2 Å². The van der Waals surface area contributed by atoms with Gasteiger partial charge in [0.1, 0.15) is 5.69 Å². The van der Waals surface area contributed by atoms with Gasteiger partial charge >= 0.3 is 0 Å². The van der Waals surface area contributed by atoms with Crippen molar-refractivity contribution in [3.8, 4) is 11.3 Å². The Morgan fingerprint density at radius 1 is 1.05 bits per heavy atom. The molecule has 96 valence electrons. The normalized spacial score (nSPS) is 11.0. The Bertz CT molecular complexity index is 680. The van der Waals surface area contributed by atoms with Gasteiger partial charge in [0.05, 0.1) is 5.69 Å². The van der Waals surface area contributed by atoms with Crippen LogP contribution < -0.4 is 0 Å². The lowest BCUT2D eigenvalue weighted by atomic mass is 10.00. The average Bonchev–Trinajstić information content (AvgIpc) is 2.92. The Labute approximate surface area is 112 Å². The van der Waals surface area contributed by atoms with E-state index in [9.17, 15) is 0 Å². The molecule has 3 aromatic rings. The minimum atomic E-state index is 0.991. The second kappa shape index (κ2) is 5.22. The number of fused-ring (bicyclic) bond motifs is 1. The molecule has 3 nitrogen and oxygen atoms in total. The lowest BCUT2D eigenvalue weighted by molar-refractivity contribution is 0.770. The summed E-state index contributed by atoms with van der Waals surface area (Å²) >= 11 is 0. The topological polar surface area (TPSA) is 41.6 Å². The summed E-state index contributed by atoms with van der Waals surface area (Å²) in [5.74, 6) is 0. The van der Waals surface area contributed by atoms with Gasteiger partial charge in [0.25, 0.3) is 0 Å². The first-order valence-electron chi connectivity index (χ1n) is 6.78. The first-order valence-corrected chi connectivity index (χ1v) is 6.78. The minimum Gasteiger partial charge on any atom is -0.262 e. The van der Waals surface area contributed by atoms with E-state index in [0.29, 0.717) is 0 Å². The van der Waals surface area contributed by atoms with E-state index in [1.165, 1.54) is 17.2 Å². The molecule has 0 bridgehead atoms. The zero-order valence-corrected chi connectivity index (χ0v) is 11.1. The first kappa shape index (κ1) is 11.9. The molecule has 0 radical (unpaired) electrons. The van der Waals surface area contributed by atoms with Gasteiger partial charge < -0.3 is 0 Å². The van der Waals surface area contributed by atoms with Crippen molar-refractivity contribution >= 4 is 10.8 Å². The van der Waals surface area contributed by atoms with Crippen molar-refractivity contribution in [2.45, 2.75) is 26.2 Å². The summed E-state index contributed by atoms with van der Waals surface area (Å²) in [6.07, 6.45) is 3.33. The van der Waals surface area contributed by atoms with Crippen LogP contribution in [0.4, 0.5) is 0 Å². The summed E-state index contributed by atoms with van der Waals surface area (Å²) in [7, 11) is 0. The third-order valence-corrected chi connectivity index (χ3v) is 3.45. The number of unbranched alkanes of at least 4 members (excludes halogenated alkanes) is 1. The molecular weight excluding hydrogens is 234 g/mol. The number of rotatable bonds is 4. The molecule has 0 saturated carbocycles. The highest BCUT2D eigenvalue weighted by Crippen LogP contribution is 2.29. The van der Waals surface area contributed by atoms with Crippen LogP contribution >= 0.6 is 0 Å². The number of benzene rings is 2. The van der Waals surface area contributed by atoms with Crippen LogP contribution in [0.2, 0.25) is 0 Å². The number of H-pyrrole nitrogens is 1. The van der Waals surface area contributed by atoms with Gasteiger partial charge in [-0.25, -0.2) is 0 Å². The molecule has 0 saturated heterocycles. The number of nitrogens with zero attached hydrogens (tertiary/aromatic N) is 2. The number of aryl methyl sites for hydroxylation is 1. The molecule has 0 amide bonds. The van der Waals surface area contributed by atoms with Gasteiger partial charge in [-0.05, 0) is 23.6 Å². The van der Waals surface area contributed by atoms with E-state index >= 15 is 0 Å². The monoisotopic (exact) mass is 251 g/mol. The average molecular weight is 251 g/mol. The number of hydrogen-bond donors (Lipinski definition) is 1. The lowest BCUT2D eigenvalue weighted by Gasteiger charge is -2.05. The second-order valence-electron chi connectivity index (χ2n) is 4.77. The summed E-state index contributed by atoms with van der Waals surface area (Å²) in [4.78, 5) is 0. The molecule has 1 aromatic heterocycles. The molecule has 0 unspecified atom stereocenters. The Balaban J connectivity index is 2.12. The summed E-state index contributed by atoms with van der Waals surface area (Å²) in [5, 5.41) is 13.8. The molecule has 1 heterocycles. The number of aromatic amines is 1. The zero-order chi connectivity index (χ0) is 13.1. The largest absolute Gasteiger partial charge is 0.262 e. The predicted octanol–water partition coefficient (Wildman–Crippen LogP) is 3.97. The van der Waals surface area contributed by atoms with Gasteiger partial charge in [0.15, 0.2) is 0 Å². The van der Waals surface area contributed by atoms with E-state index in [1.54, 1.807) is 0 Å². The van der Waals surface area contributed by atoms with Crippen molar-refractivity contribution in [1.82, 2.24) is 15.4 Å². The number of aromatic nitrogens is 3. The quantitative estimate of drug-likeness (QED) is 0.762. The van der Waals surface area contributed by atoms with Gasteiger partial charge in [-0.2, -0.15) is 0 Å². The zero-order valence-electron chi connectivity index (χ0n) is 11.1. The van der Waals surface area contributed by atoms with E-state index in [4.69, 9.17) is 0 Å². The third kappa shape index (κ3) is 2.24. The Morgan fingerprint density at radius 2 is 1.89 bits per heavy atom. The van der Waals surface area contributed by atoms with E-state index < -0.39 is 0 Å². The van der Waals surface area contributed by atoms with Gasteiger partial charge in [0.2, 0.25) is 0 Å². The number of hydrogen-bond acceptors (Lipinski definition) is 2. The predicted molar refractivity (Wildman–Crippen MR) is 77.9 cm³/mol. The van der Waals surface area contributed by atoms with Crippen molar-refractivity contribution < 1.29 is 0 Å². The summed E-state index contributed by atoms with van der Waals surface area (Å²) in [6.45, 7) is 2.20. The smallest absolute Gasteiger partial charge is 0.116 e. The highest BCUT2D eigenvalue weighted by atomic mass is 15.3. The van der Waals surface area contributed by atoms with Crippen LogP contribution in [0.1, 0.15) is 25.5 Å². The van der Waals surface area contributed by atoms with Crippen molar-refractivity contribution in [2.24, 2.45) is 0 Å². The lowest BCUT2D eigenvalue weighted by Crippen LogP contribution is -1.90. The van der Waals surface area contributed by atoms with Gasteiger partial charge in [-0.1, -0.05) is 61.0 Å². The molecule has 19 heavy (non-hydrogen) atoms. The fourth-order valence-electron chi connectivity index (χ4n) is 2.42. The van der Waals surface area contributed by atoms with Crippen LogP contribution in [0.25, 0.3) is 22.0 Å². The van der Waals surface area contributed by atoms with E-state index in [0.717, 1.165) is 29.8 Å². The Hall–Kier alpha value is -2.16. The maximum absolute atomic E-state index is 4.28. The Morgan fingerprint density at radius 3 is 2.79 bits per heavy atom. The molecule has 0 aliphatic carbocycles. The van der Waals surface area contributed by atoms with Crippen molar-refractivity contribution in [1.29, 1.82) is 0 Å². The van der Waals surface area contributed by atoms with Gasteiger partial charge in [-0.3, -0.25) is 5.10 Å². The third-order valence-electron chi connectivity index (χ3n) is 3.45. The summed E-state index contributed by atoms with van der Waals surface area (Å²) in [5.41, 5.74) is 3.29. The van der Waals surface area contributed by atoms with Gasteiger partial charge in [-0.15, -0.1) is 5.10 Å². The van der Waals surface area contributed by atoms with Crippen molar-refractivity contribution in [2.75, 3.05) is 0 Å². The van der Waals surface area contributed by atoms with E-state index in [1.807, 2.05) is 0 Å². The highest BCUT2D eigenvalue weighted by molar-refractivity contribution is 5.96. The van der Waals surface area contributed by atoms with E-state index in [2.05, 4.69) is 64.8 Å². The van der Waals surface area contributed by atoms with E-state index in [-0.39, 0.29) is 0 Å². The fraction of sp³-hybridized carbons (Fsp3) is 0.250. The van der Waals surface area contributed by atoms with Crippen LogP contribution in [0.15, 0.2) is 42.5 Å². The molecule has 0 spiro atoms. The number of nitrogens with one attached hydrogen (secondary N) is 1. The maximum atomic E-state index is 4.28. The van der Waals surface area contributed by atoms with Crippen molar-refractivity contribution in [3.63, 3.8) is 0 Å². The SMILES string of the molecule is CCCCc1[nH]nnc1-c1cccc2ccccc12. The van der Waals surface area contributed by atoms with Crippen LogP contribution in [-0.2, 0) is 6.42 Å². The molecule has 0 aliphatic rings. The van der Waals surface area contributed by atoms with Crippen LogP contribution in [0.3, 0.4) is 0 Å². The molecule has 3 rings (SSSR count).